The summed E-state index contributed by atoms with van der Waals surface area (Å²) in [4.78, 5) is 24.9. The lowest BCUT2D eigenvalue weighted by molar-refractivity contribution is 0.0586. The summed E-state index contributed by atoms with van der Waals surface area (Å²) >= 11 is 0. The lowest BCUT2D eigenvalue weighted by Crippen LogP contribution is -2.12. The first-order valence-electron chi connectivity index (χ1n) is 9.07. The van der Waals surface area contributed by atoms with Crippen molar-refractivity contribution in [3.05, 3.63) is 95.1 Å². The van der Waals surface area contributed by atoms with Gasteiger partial charge in [0.25, 0.3) is 0 Å². The molecular formula is C24H22O4. The van der Waals surface area contributed by atoms with Gasteiger partial charge in [-0.2, -0.15) is 0 Å². The molecule has 0 aliphatic carbocycles. The number of hydrogen-bond acceptors (Lipinski definition) is 4. The zero-order valence-electron chi connectivity index (χ0n) is 16.0. The molecule has 0 fully saturated rings. The molecule has 4 nitrogen and oxygen atoms in total. The van der Waals surface area contributed by atoms with E-state index in [1.165, 1.54) is 14.2 Å². The van der Waals surface area contributed by atoms with Gasteiger partial charge in [-0.3, -0.25) is 0 Å². The number of rotatable bonds is 6. The van der Waals surface area contributed by atoms with E-state index < -0.39 is 11.9 Å². The molecule has 0 spiro atoms. The molecule has 0 radical (unpaired) electrons. The smallest absolute Gasteiger partial charge is 0.338 e. The Morgan fingerprint density at radius 1 is 0.714 bits per heavy atom. The third-order valence-electron chi connectivity index (χ3n) is 4.66. The van der Waals surface area contributed by atoms with Crippen molar-refractivity contribution >= 4 is 11.9 Å². The number of ether oxygens (including phenoxy) is 2. The normalized spacial score (nSPS) is 10.4. The van der Waals surface area contributed by atoms with Crippen LogP contribution in [0, 0.1) is 0 Å². The fraction of sp³-hybridized carbons (Fsp3) is 0.167. The summed E-state index contributed by atoms with van der Waals surface area (Å²) in [6, 6.07) is 23.0. The molecule has 142 valence electrons. The molecule has 0 aliphatic rings. The van der Waals surface area contributed by atoms with Gasteiger partial charge in [0.05, 0.1) is 25.3 Å². The topological polar surface area (TPSA) is 52.6 Å². The van der Waals surface area contributed by atoms with Crippen LogP contribution in [0.15, 0.2) is 72.8 Å². The molecule has 3 rings (SSSR count). The number of benzene rings is 3. The molecule has 0 saturated heterocycles. The lowest BCUT2D eigenvalue weighted by atomic mass is 9.91. The minimum atomic E-state index is -0.434. The number of methoxy groups -OCH3 is 2. The van der Waals surface area contributed by atoms with Crippen LogP contribution in [0.25, 0.3) is 11.1 Å². The highest BCUT2D eigenvalue weighted by molar-refractivity contribution is 6.01. The van der Waals surface area contributed by atoms with Crippen LogP contribution < -0.4 is 0 Å². The Morgan fingerprint density at radius 3 is 1.89 bits per heavy atom. The molecular weight excluding hydrogens is 352 g/mol. The molecule has 0 atom stereocenters. The van der Waals surface area contributed by atoms with E-state index in [2.05, 4.69) is 0 Å². The Balaban J connectivity index is 2.09. The average molecular weight is 374 g/mol. The second kappa shape index (κ2) is 9.00. The van der Waals surface area contributed by atoms with Crippen molar-refractivity contribution in [1.82, 2.24) is 0 Å². The van der Waals surface area contributed by atoms with Crippen molar-refractivity contribution in [3.63, 3.8) is 0 Å². The van der Waals surface area contributed by atoms with Gasteiger partial charge in [0.1, 0.15) is 0 Å². The zero-order chi connectivity index (χ0) is 19.9. The van der Waals surface area contributed by atoms with E-state index in [1.807, 2.05) is 60.7 Å². The van der Waals surface area contributed by atoms with Gasteiger partial charge in [-0.05, 0) is 47.2 Å². The summed E-state index contributed by atoms with van der Waals surface area (Å²) in [5.74, 6) is -0.854. The third kappa shape index (κ3) is 4.29. The Labute approximate surface area is 164 Å². The monoisotopic (exact) mass is 374 g/mol. The fourth-order valence-electron chi connectivity index (χ4n) is 3.21. The summed E-state index contributed by atoms with van der Waals surface area (Å²) in [6.07, 6.45) is 1.35. The molecule has 0 saturated carbocycles. The van der Waals surface area contributed by atoms with Crippen molar-refractivity contribution < 1.29 is 19.1 Å². The van der Waals surface area contributed by atoms with E-state index in [0.29, 0.717) is 23.1 Å². The van der Waals surface area contributed by atoms with Crippen molar-refractivity contribution in [2.45, 2.75) is 12.8 Å². The standard InChI is InChI=1S/C24H22O4/c1-27-23(25)21-16-20(18-11-7-4-8-12-18)22(24(26)28-2)15-19(21)14-13-17-9-5-3-6-10-17/h3-12,15-16H,13-14H2,1-2H3. The fourth-order valence-corrected chi connectivity index (χ4v) is 3.21. The second-order valence-electron chi connectivity index (χ2n) is 6.39. The van der Waals surface area contributed by atoms with Crippen molar-refractivity contribution in [1.29, 1.82) is 0 Å². The van der Waals surface area contributed by atoms with Crippen LogP contribution >= 0.6 is 0 Å². The van der Waals surface area contributed by atoms with Crippen LogP contribution in [0.5, 0.6) is 0 Å². The Kier molecular flexibility index (Phi) is 6.22. The minimum Gasteiger partial charge on any atom is -0.465 e. The third-order valence-corrected chi connectivity index (χ3v) is 4.66. The lowest BCUT2D eigenvalue weighted by Gasteiger charge is -2.15. The molecule has 0 heterocycles. The SMILES string of the molecule is COC(=O)c1cc(-c2ccccc2)c(C(=O)OC)cc1CCc1ccccc1. The number of carbonyl (C=O) groups is 2. The number of aryl methyl sites for hydroxylation is 2. The van der Waals surface area contributed by atoms with Gasteiger partial charge in [-0.1, -0.05) is 60.7 Å². The highest BCUT2D eigenvalue weighted by atomic mass is 16.5. The molecule has 0 N–H and O–H groups in total. The molecule has 3 aromatic rings. The molecule has 3 aromatic carbocycles. The van der Waals surface area contributed by atoms with E-state index in [-0.39, 0.29) is 0 Å². The number of hydrogen-bond donors (Lipinski definition) is 0. The van der Waals surface area contributed by atoms with Gasteiger partial charge in [0.15, 0.2) is 0 Å². The first-order valence-corrected chi connectivity index (χ1v) is 9.07. The number of carbonyl (C=O) groups excluding carboxylic acids is 2. The summed E-state index contributed by atoms with van der Waals surface area (Å²) in [5, 5.41) is 0. The first-order chi connectivity index (χ1) is 13.6. The summed E-state index contributed by atoms with van der Waals surface area (Å²) in [7, 11) is 2.72. The van der Waals surface area contributed by atoms with E-state index in [9.17, 15) is 9.59 Å². The Morgan fingerprint density at radius 2 is 1.29 bits per heavy atom. The maximum absolute atomic E-state index is 12.4. The van der Waals surface area contributed by atoms with Crippen molar-refractivity contribution in [2.24, 2.45) is 0 Å². The summed E-state index contributed by atoms with van der Waals surface area (Å²) < 4.78 is 9.98. The first kappa shape index (κ1) is 19.4. The zero-order valence-corrected chi connectivity index (χ0v) is 16.0. The summed E-state index contributed by atoms with van der Waals surface area (Å²) in [6.45, 7) is 0. The molecule has 0 bridgehead atoms. The maximum Gasteiger partial charge on any atom is 0.338 e. The van der Waals surface area contributed by atoms with E-state index in [1.54, 1.807) is 12.1 Å². The van der Waals surface area contributed by atoms with Gasteiger partial charge in [-0.15, -0.1) is 0 Å². The summed E-state index contributed by atoms with van der Waals surface area (Å²) in [5.41, 5.74) is 4.30. The molecule has 0 unspecified atom stereocenters. The van der Waals surface area contributed by atoms with Crippen molar-refractivity contribution in [2.75, 3.05) is 14.2 Å². The van der Waals surface area contributed by atoms with Gasteiger partial charge in [0, 0.05) is 0 Å². The Hall–Kier alpha value is -3.40. The molecule has 4 heteroatoms. The highest BCUT2D eigenvalue weighted by Crippen LogP contribution is 2.29. The maximum atomic E-state index is 12.4. The van der Waals surface area contributed by atoms with Crippen LogP contribution in [0.4, 0.5) is 0 Å². The van der Waals surface area contributed by atoms with Crippen LogP contribution in [0.3, 0.4) is 0 Å². The van der Waals surface area contributed by atoms with Crippen molar-refractivity contribution in [3.8, 4) is 11.1 Å². The largest absolute Gasteiger partial charge is 0.465 e. The predicted octanol–water partition coefficient (Wildman–Crippen LogP) is 4.71. The van der Waals surface area contributed by atoms with Gasteiger partial charge < -0.3 is 9.47 Å². The van der Waals surface area contributed by atoms with E-state index in [4.69, 9.17) is 9.47 Å². The molecule has 0 aromatic heterocycles. The van der Waals surface area contributed by atoms with E-state index in [0.717, 1.165) is 23.1 Å². The van der Waals surface area contributed by atoms with E-state index >= 15 is 0 Å². The van der Waals surface area contributed by atoms with Gasteiger partial charge in [-0.25, -0.2) is 9.59 Å². The van der Waals surface area contributed by atoms with Crippen LogP contribution in [-0.4, -0.2) is 26.2 Å². The molecule has 0 aliphatic heterocycles. The van der Waals surface area contributed by atoms with Crippen LogP contribution in [0.1, 0.15) is 31.8 Å². The van der Waals surface area contributed by atoms with Gasteiger partial charge in [0.2, 0.25) is 0 Å². The van der Waals surface area contributed by atoms with Gasteiger partial charge >= 0.3 is 11.9 Å². The quantitative estimate of drug-likeness (QED) is 0.586. The highest BCUT2D eigenvalue weighted by Gasteiger charge is 2.21. The second-order valence-corrected chi connectivity index (χ2v) is 6.39. The molecule has 28 heavy (non-hydrogen) atoms. The van der Waals surface area contributed by atoms with Crippen LogP contribution in [0.2, 0.25) is 0 Å². The average Bonchev–Trinajstić information content (AvgIpc) is 2.77. The number of esters is 2. The molecule has 0 amide bonds. The predicted molar refractivity (Wildman–Crippen MR) is 108 cm³/mol. The minimum absolute atomic E-state index is 0.420. The Bertz CT molecular complexity index is 963. The van der Waals surface area contributed by atoms with Crippen LogP contribution in [-0.2, 0) is 22.3 Å².